The molecule has 0 unspecified atom stereocenters. The largest absolute Gasteiger partial charge is 0.493 e. The van der Waals surface area contributed by atoms with Crippen LogP contribution in [0.15, 0.2) is 24.0 Å². The summed E-state index contributed by atoms with van der Waals surface area (Å²) in [7, 11) is 1.43. The first-order valence-electron chi connectivity index (χ1n) is 5.52. The average molecular weight is 220 g/mol. The predicted octanol–water partition coefficient (Wildman–Crippen LogP) is 1.89. The molecule has 0 heterocycles. The quantitative estimate of drug-likeness (QED) is 0.634. The topological polar surface area (TPSA) is 43.4 Å². The molecular weight excluding hydrogens is 204 g/mol. The molecular formula is C13H16O3. The van der Waals surface area contributed by atoms with E-state index in [0.717, 1.165) is 0 Å². The molecule has 0 saturated heterocycles. The summed E-state index contributed by atoms with van der Waals surface area (Å²) in [5.74, 6) is 0.0120. The highest BCUT2D eigenvalue weighted by molar-refractivity contribution is 6.11. The molecule has 3 atom stereocenters. The minimum atomic E-state index is -0.633. The Balaban J connectivity index is 2.52. The van der Waals surface area contributed by atoms with E-state index in [1.165, 1.54) is 13.2 Å². The molecule has 0 bridgehead atoms. The third-order valence-corrected chi connectivity index (χ3v) is 4.02. The van der Waals surface area contributed by atoms with Crippen LogP contribution in [-0.4, -0.2) is 18.7 Å². The van der Waals surface area contributed by atoms with Crippen LogP contribution < -0.4 is 0 Å². The molecule has 2 aliphatic carbocycles. The molecule has 0 amide bonds. The van der Waals surface area contributed by atoms with E-state index in [1.807, 2.05) is 26.0 Å². The molecule has 3 nitrogen and oxygen atoms in total. The molecule has 0 aliphatic heterocycles. The minimum absolute atomic E-state index is 0.00940. The maximum absolute atomic E-state index is 12.3. The van der Waals surface area contributed by atoms with E-state index in [4.69, 9.17) is 4.74 Å². The van der Waals surface area contributed by atoms with Gasteiger partial charge < -0.3 is 4.74 Å². The first-order chi connectivity index (χ1) is 7.51. The highest BCUT2D eigenvalue weighted by Gasteiger charge is 2.52. The van der Waals surface area contributed by atoms with Gasteiger partial charge in [-0.2, -0.15) is 0 Å². The fraction of sp³-hybridized carbons (Fsp3) is 0.538. The molecule has 0 aromatic carbocycles. The van der Waals surface area contributed by atoms with Crippen molar-refractivity contribution >= 4 is 11.6 Å². The van der Waals surface area contributed by atoms with Crippen LogP contribution in [0.4, 0.5) is 0 Å². The number of carbonyl (C=O) groups excluding carboxylic acids is 2. The van der Waals surface area contributed by atoms with Crippen LogP contribution >= 0.6 is 0 Å². The summed E-state index contributed by atoms with van der Waals surface area (Å²) >= 11 is 0. The van der Waals surface area contributed by atoms with Gasteiger partial charge in [0.15, 0.2) is 11.5 Å². The van der Waals surface area contributed by atoms with Crippen molar-refractivity contribution in [3.8, 4) is 0 Å². The molecule has 0 N–H and O–H groups in total. The molecule has 0 saturated carbocycles. The number of Topliss-reactive ketones (excluding diaryl/α,β-unsaturated/α-hetero) is 1. The Hall–Kier alpha value is -1.38. The summed E-state index contributed by atoms with van der Waals surface area (Å²) in [6.07, 6.45) is 6.01. The maximum atomic E-state index is 12.3. The molecule has 3 heteroatoms. The molecule has 0 radical (unpaired) electrons. The Kier molecular flexibility index (Phi) is 2.49. The molecule has 2 rings (SSSR count). The lowest BCUT2D eigenvalue weighted by Gasteiger charge is -2.43. The van der Waals surface area contributed by atoms with Crippen LogP contribution in [0.2, 0.25) is 0 Å². The van der Waals surface area contributed by atoms with Crippen LogP contribution in [0.1, 0.15) is 20.3 Å². The van der Waals surface area contributed by atoms with Gasteiger partial charge in [0.05, 0.1) is 12.5 Å². The van der Waals surface area contributed by atoms with Crippen molar-refractivity contribution in [2.24, 2.45) is 17.3 Å². The van der Waals surface area contributed by atoms with E-state index < -0.39 is 5.41 Å². The summed E-state index contributed by atoms with van der Waals surface area (Å²) < 4.78 is 5.00. The van der Waals surface area contributed by atoms with Gasteiger partial charge in [-0.25, -0.2) is 0 Å². The Bertz CT molecular complexity index is 405. The first-order valence-corrected chi connectivity index (χ1v) is 5.52. The van der Waals surface area contributed by atoms with Crippen LogP contribution in [0.25, 0.3) is 0 Å². The molecule has 86 valence electrons. The third-order valence-electron chi connectivity index (χ3n) is 4.02. The summed E-state index contributed by atoms with van der Waals surface area (Å²) in [5.41, 5.74) is -0.633. The summed E-state index contributed by atoms with van der Waals surface area (Å²) in [6.45, 7) is 3.85. The highest BCUT2D eigenvalue weighted by atomic mass is 16.5. The zero-order valence-corrected chi connectivity index (χ0v) is 9.82. The van der Waals surface area contributed by atoms with E-state index in [1.54, 1.807) is 0 Å². The number of rotatable bonds is 1. The number of fused-ring (bicyclic) bond motifs is 1. The second-order valence-electron chi connectivity index (χ2n) is 4.73. The standard InChI is InChI=1S/C13H16O3/c1-8-5-4-6-9-10(14)7-11(16-3)12(15)13(8,9)2/h4-5,7-9H,6H2,1-3H3/t8-,9-,13-/m0/s1. The van der Waals surface area contributed by atoms with Crippen LogP contribution in [-0.2, 0) is 14.3 Å². The minimum Gasteiger partial charge on any atom is -0.493 e. The lowest BCUT2D eigenvalue weighted by molar-refractivity contribution is -0.141. The summed E-state index contributed by atoms with van der Waals surface area (Å²) in [5, 5.41) is 0. The van der Waals surface area contributed by atoms with Crippen molar-refractivity contribution in [1.82, 2.24) is 0 Å². The normalized spacial score (nSPS) is 38.1. The second-order valence-corrected chi connectivity index (χ2v) is 4.73. The van der Waals surface area contributed by atoms with Crippen molar-refractivity contribution in [3.63, 3.8) is 0 Å². The molecule has 16 heavy (non-hydrogen) atoms. The second kappa shape index (κ2) is 3.58. The summed E-state index contributed by atoms with van der Waals surface area (Å²) in [4.78, 5) is 24.2. The fourth-order valence-electron chi connectivity index (χ4n) is 2.67. The molecule has 0 spiro atoms. The average Bonchev–Trinajstić information content (AvgIpc) is 2.27. The van der Waals surface area contributed by atoms with Gasteiger partial charge in [-0.1, -0.05) is 26.0 Å². The zero-order valence-electron chi connectivity index (χ0n) is 9.82. The van der Waals surface area contributed by atoms with Gasteiger partial charge >= 0.3 is 0 Å². The van der Waals surface area contributed by atoms with E-state index in [9.17, 15) is 9.59 Å². The van der Waals surface area contributed by atoms with E-state index in [0.29, 0.717) is 6.42 Å². The number of allylic oxidation sites excluding steroid dienone is 4. The molecule has 0 aromatic rings. The number of carbonyl (C=O) groups is 2. The third kappa shape index (κ3) is 1.27. The van der Waals surface area contributed by atoms with Gasteiger partial charge in [-0.15, -0.1) is 0 Å². The number of hydrogen-bond donors (Lipinski definition) is 0. The first kappa shape index (κ1) is 11.1. The molecule has 2 aliphatic rings. The monoisotopic (exact) mass is 220 g/mol. The van der Waals surface area contributed by atoms with Gasteiger partial charge in [0.1, 0.15) is 0 Å². The summed E-state index contributed by atoms with van der Waals surface area (Å²) in [6, 6.07) is 0. The Morgan fingerprint density at radius 2 is 2.12 bits per heavy atom. The van der Waals surface area contributed by atoms with Gasteiger partial charge in [-0.05, 0) is 12.3 Å². The lowest BCUT2D eigenvalue weighted by atomic mass is 9.58. The number of methoxy groups -OCH3 is 1. The maximum Gasteiger partial charge on any atom is 0.204 e. The molecule has 0 fully saturated rings. The number of hydrogen-bond acceptors (Lipinski definition) is 3. The van der Waals surface area contributed by atoms with Crippen molar-refractivity contribution in [2.45, 2.75) is 20.3 Å². The van der Waals surface area contributed by atoms with Crippen molar-refractivity contribution < 1.29 is 14.3 Å². The van der Waals surface area contributed by atoms with E-state index >= 15 is 0 Å². The van der Waals surface area contributed by atoms with Crippen LogP contribution in [0.5, 0.6) is 0 Å². The SMILES string of the molecule is COC1=CC(=O)[C@@H]2CC=C[C@H](C)[C@]2(C)C1=O. The van der Waals surface area contributed by atoms with Gasteiger partial charge in [-0.3, -0.25) is 9.59 Å². The van der Waals surface area contributed by atoms with E-state index in [2.05, 4.69) is 0 Å². The van der Waals surface area contributed by atoms with Gasteiger partial charge in [0.2, 0.25) is 5.78 Å². The van der Waals surface area contributed by atoms with Crippen LogP contribution in [0.3, 0.4) is 0 Å². The Morgan fingerprint density at radius 1 is 1.44 bits per heavy atom. The predicted molar refractivity (Wildman–Crippen MR) is 59.6 cm³/mol. The highest BCUT2D eigenvalue weighted by Crippen LogP contribution is 2.47. The van der Waals surface area contributed by atoms with E-state index in [-0.39, 0.29) is 29.2 Å². The van der Waals surface area contributed by atoms with Crippen molar-refractivity contribution in [1.29, 1.82) is 0 Å². The number of ketones is 2. The molecule has 0 aromatic heterocycles. The lowest BCUT2D eigenvalue weighted by Crippen LogP contribution is -2.49. The fourth-order valence-corrected chi connectivity index (χ4v) is 2.67. The van der Waals surface area contributed by atoms with Gasteiger partial charge in [0.25, 0.3) is 0 Å². The number of ether oxygens (including phenoxy) is 1. The van der Waals surface area contributed by atoms with Gasteiger partial charge in [0, 0.05) is 12.0 Å². The smallest absolute Gasteiger partial charge is 0.204 e. The van der Waals surface area contributed by atoms with Crippen molar-refractivity contribution in [2.75, 3.05) is 7.11 Å². The Labute approximate surface area is 95.2 Å². The zero-order chi connectivity index (χ0) is 11.9. The van der Waals surface area contributed by atoms with Crippen molar-refractivity contribution in [3.05, 3.63) is 24.0 Å². The van der Waals surface area contributed by atoms with Crippen LogP contribution in [0, 0.1) is 17.3 Å². The Morgan fingerprint density at radius 3 is 2.75 bits per heavy atom.